The zero-order chi connectivity index (χ0) is 14.7. The van der Waals surface area contributed by atoms with E-state index in [9.17, 15) is 4.79 Å². The van der Waals surface area contributed by atoms with Gasteiger partial charge in [0.1, 0.15) is 12.4 Å². The summed E-state index contributed by atoms with van der Waals surface area (Å²) in [5.41, 5.74) is 7.73. The van der Waals surface area contributed by atoms with Gasteiger partial charge in [0.05, 0.1) is 6.04 Å². The Bertz CT molecular complexity index is 610. The Kier molecular flexibility index (Phi) is 3.88. The first-order valence-corrected chi connectivity index (χ1v) is 7.08. The molecule has 1 aliphatic heterocycles. The predicted molar refractivity (Wildman–Crippen MR) is 82.2 cm³/mol. The van der Waals surface area contributed by atoms with E-state index in [1.165, 1.54) is 0 Å². The third kappa shape index (κ3) is 3.06. The van der Waals surface area contributed by atoms with Crippen LogP contribution in [0.1, 0.15) is 12.0 Å². The molecular weight excluding hydrogens is 264 g/mol. The number of benzene rings is 2. The SMILES string of the molecule is NC1CCN(c2ccc(OCc3ccccc3)cc2)C1=O. The number of amides is 1. The van der Waals surface area contributed by atoms with Crippen molar-refractivity contribution >= 4 is 11.6 Å². The third-order valence-corrected chi connectivity index (χ3v) is 3.64. The zero-order valence-electron chi connectivity index (χ0n) is 11.7. The summed E-state index contributed by atoms with van der Waals surface area (Å²) in [6, 6.07) is 17.2. The molecule has 21 heavy (non-hydrogen) atoms. The fourth-order valence-corrected chi connectivity index (χ4v) is 2.42. The number of nitrogens with two attached hydrogens (primary N) is 1. The highest BCUT2D eigenvalue weighted by molar-refractivity contribution is 5.99. The number of carbonyl (C=O) groups is 1. The van der Waals surface area contributed by atoms with Crippen LogP contribution in [0.5, 0.6) is 5.75 Å². The van der Waals surface area contributed by atoms with Crippen LogP contribution in [0.15, 0.2) is 54.6 Å². The van der Waals surface area contributed by atoms with Gasteiger partial charge in [0, 0.05) is 12.2 Å². The quantitative estimate of drug-likeness (QED) is 0.936. The summed E-state index contributed by atoms with van der Waals surface area (Å²) in [4.78, 5) is 13.6. The molecule has 2 aromatic carbocycles. The monoisotopic (exact) mass is 282 g/mol. The molecule has 1 unspecified atom stereocenters. The van der Waals surface area contributed by atoms with Gasteiger partial charge >= 0.3 is 0 Å². The van der Waals surface area contributed by atoms with Gasteiger partial charge < -0.3 is 15.4 Å². The number of nitrogens with zero attached hydrogens (tertiary/aromatic N) is 1. The van der Waals surface area contributed by atoms with E-state index in [0.29, 0.717) is 19.6 Å². The zero-order valence-corrected chi connectivity index (χ0v) is 11.7. The Morgan fingerprint density at radius 2 is 1.81 bits per heavy atom. The molecule has 0 aromatic heterocycles. The topological polar surface area (TPSA) is 55.6 Å². The number of rotatable bonds is 4. The van der Waals surface area contributed by atoms with E-state index < -0.39 is 0 Å². The lowest BCUT2D eigenvalue weighted by atomic mass is 10.2. The lowest BCUT2D eigenvalue weighted by Crippen LogP contribution is -2.33. The van der Waals surface area contributed by atoms with Crippen molar-refractivity contribution in [3.8, 4) is 5.75 Å². The van der Waals surface area contributed by atoms with Crippen LogP contribution in [0.25, 0.3) is 0 Å². The molecule has 4 heteroatoms. The molecule has 1 heterocycles. The predicted octanol–water partition coefficient (Wildman–Crippen LogP) is 2.33. The summed E-state index contributed by atoms with van der Waals surface area (Å²) in [5.74, 6) is 0.784. The highest BCUT2D eigenvalue weighted by atomic mass is 16.5. The van der Waals surface area contributed by atoms with E-state index in [1.54, 1.807) is 4.90 Å². The summed E-state index contributed by atoms with van der Waals surface area (Å²) in [7, 11) is 0. The first-order valence-electron chi connectivity index (χ1n) is 7.08. The van der Waals surface area contributed by atoms with Crippen molar-refractivity contribution < 1.29 is 9.53 Å². The largest absolute Gasteiger partial charge is 0.489 e. The normalized spacial score (nSPS) is 18.0. The van der Waals surface area contributed by atoms with Gasteiger partial charge in [-0.25, -0.2) is 0 Å². The van der Waals surface area contributed by atoms with Gasteiger partial charge in [-0.3, -0.25) is 4.79 Å². The fraction of sp³-hybridized carbons (Fsp3) is 0.235. The molecule has 1 atom stereocenters. The Morgan fingerprint density at radius 1 is 1.10 bits per heavy atom. The maximum absolute atomic E-state index is 11.9. The molecule has 1 amide bonds. The van der Waals surface area contributed by atoms with E-state index in [1.807, 2.05) is 54.6 Å². The molecule has 1 aliphatic rings. The molecular formula is C17H18N2O2. The molecule has 0 aliphatic carbocycles. The summed E-state index contributed by atoms with van der Waals surface area (Å²) in [5, 5.41) is 0. The summed E-state index contributed by atoms with van der Waals surface area (Å²) in [6.07, 6.45) is 0.713. The molecule has 1 saturated heterocycles. The second kappa shape index (κ2) is 5.97. The highest BCUT2D eigenvalue weighted by Crippen LogP contribution is 2.24. The van der Waals surface area contributed by atoms with Crippen molar-refractivity contribution in [2.75, 3.05) is 11.4 Å². The van der Waals surface area contributed by atoms with Crippen molar-refractivity contribution in [2.45, 2.75) is 19.1 Å². The van der Waals surface area contributed by atoms with Gasteiger partial charge in [0.25, 0.3) is 0 Å². The number of ether oxygens (including phenoxy) is 1. The molecule has 0 bridgehead atoms. The minimum Gasteiger partial charge on any atom is -0.489 e. The molecule has 2 aromatic rings. The van der Waals surface area contributed by atoms with Crippen molar-refractivity contribution in [2.24, 2.45) is 5.73 Å². The van der Waals surface area contributed by atoms with E-state index in [-0.39, 0.29) is 11.9 Å². The number of hydrogen-bond donors (Lipinski definition) is 1. The van der Waals surface area contributed by atoms with Crippen LogP contribution >= 0.6 is 0 Å². The van der Waals surface area contributed by atoms with Crippen LogP contribution in [0.2, 0.25) is 0 Å². The minimum atomic E-state index is -0.362. The molecule has 0 spiro atoms. The van der Waals surface area contributed by atoms with Crippen molar-refractivity contribution in [3.05, 3.63) is 60.2 Å². The number of hydrogen-bond acceptors (Lipinski definition) is 3. The summed E-state index contributed by atoms with van der Waals surface area (Å²) < 4.78 is 5.73. The summed E-state index contributed by atoms with van der Waals surface area (Å²) in [6.45, 7) is 1.22. The number of carbonyl (C=O) groups excluding carboxylic acids is 1. The Morgan fingerprint density at radius 3 is 2.43 bits per heavy atom. The second-order valence-corrected chi connectivity index (χ2v) is 5.15. The summed E-state index contributed by atoms with van der Waals surface area (Å²) >= 11 is 0. The Labute approximate surface area is 124 Å². The lowest BCUT2D eigenvalue weighted by molar-refractivity contribution is -0.118. The van der Waals surface area contributed by atoms with Crippen molar-refractivity contribution in [1.29, 1.82) is 0 Å². The van der Waals surface area contributed by atoms with E-state index in [0.717, 1.165) is 17.0 Å². The van der Waals surface area contributed by atoms with Crippen LogP contribution in [0.4, 0.5) is 5.69 Å². The molecule has 4 nitrogen and oxygen atoms in total. The van der Waals surface area contributed by atoms with Gasteiger partial charge in [0.15, 0.2) is 0 Å². The first kappa shape index (κ1) is 13.6. The average Bonchev–Trinajstić information content (AvgIpc) is 2.87. The molecule has 0 saturated carbocycles. The molecule has 0 radical (unpaired) electrons. The first-order chi connectivity index (χ1) is 10.2. The maximum Gasteiger partial charge on any atom is 0.243 e. The van der Waals surface area contributed by atoms with Crippen molar-refractivity contribution in [1.82, 2.24) is 0 Å². The van der Waals surface area contributed by atoms with E-state index >= 15 is 0 Å². The fourth-order valence-electron chi connectivity index (χ4n) is 2.42. The Balaban J connectivity index is 1.63. The standard InChI is InChI=1S/C17H18N2O2/c18-16-10-11-19(17(16)20)14-6-8-15(9-7-14)21-12-13-4-2-1-3-5-13/h1-9,16H,10-12,18H2. The molecule has 108 valence electrons. The van der Waals surface area contributed by atoms with Crippen LogP contribution in [0, 0.1) is 0 Å². The molecule has 3 rings (SSSR count). The average molecular weight is 282 g/mol. The van der Waals surface area contributed by atoms with Crippen LogP contribution in [-0.4, -0.2) is 18.5 Å². The van der Waals surface area contributed by atoms with E-state index in [4.69, 9.17) is 10.5 Å². The lowest BCUT2D eigenvalue weighted by Gasteiger charge is -2.16. The van der Waals surface area contributed by atoms with E-state index in [2.05, 4.69) is 0 Å². The molecule has 2 N–H and O–H groups in total. The minimum absolute atomic E-state index is 0.00652. The highest BCUT2D eigenvalue weighted by Gasteiger charge is 2.29. The van der Waals surface area contributed by atoms with Gasteiger partial charge in [-0.2, -0.15) is 0 Å². The smallest absolute Gasteiger partial charge is 0.243 e. The third-order valence-electron chi connectivity index (χ3n) is 3.64. The second-order valence-electron chi connectivity index (χ2n) is 5.15. The Hall–Kier alpha value is -2.33. The van der Waals surface area contributed by atoms with Crippen molar-refractivity contribution in [3.63, 3.8) is 0 Å². The van der Waals surface area contributed by atoms with Gasteiger partial charge in [-0.15, -0.1) is 0 Å². The van der Waals surface area contributed by atoms with Gasteiger partial charge in [0.2, 0.25) is 5.91 Å². The van der Waals surface area contributed by atoms with Gasteiger partial charge in [-0.05, 0) is 36.2 Å². The van der Waals surface area contributed by atoms with Crippen LogP contribution in [-0.2, 0) is 11.4 Å². The number of anilines is 1. The van der Waals surface area contributed by atoms with Crippen LogP contribution < -0.4 is 15.4 Å². The molecule has 1 fully saturated rings. The van der Waals surface area contributed by atoms with Crippen LogP contribution in [0.3, 0.4) is 0 Å². The maximum atomic E-state index is 11.9. The van der Waals surface area contributed by atoms with Gasteiger partial charge in [-0.1, -0.05) is 30.3 Å².